The molecule has 72 valence electrons. The molecule has 0 aliphatic carbocycles. The summed E-state index contributed by atoms with van der Waals surface area (Å²) in [6.07, 6.45) is 1.62. The summed E-state index contributed by atoms with van der Waals surface area (Å²) in [5.74, 6) is 1.23. The molecular weight excluding hydrogens is 168 g/mol. The number of hydrogen-bond donors (Lipinski definition) is 0. The number of rotatable bonds is 0. The van der Waals surface area contributed by atoms with E-state index in [2.05, 4.69) is 34.6 Å². The van der Waals surface area contributed by atoms with Crippen LogP contribution in [0.15, 0.2) is 0 Å². The highest BCUT2D eigenvalue weighted by atomic mass is 32.2. The van der Waals surface area contributed by atoms with Crippen LogP contribution in [0.2, 0.25) is 0 Å². The fourth-order valence-electron chi connectivity index (χ4n) is 1.29. The highest BCUT2D eigenvalue weighted by Crippen LogP contribution is 2.46. The average molecular weight is 188 g/mol. The van der Waals surface area contributed by atoms with Gasteiger partial charge in [-0.15, -0.1) is 11.8 Å². The molecule has 0 N–H and O–H groups in total. The summed E-state index contributed by atoms with van der Waals surface area (Å²) in [7, 11) is 0. The predicted octanol–water partition coefficient (Wildman–Crippen LogP) is 3.29. The number of hydrogen-bond acceptors (Lipinski definition) is 2. The summed E-state index contributed by atoms with van der Waals surface area (Å²) < 4.78 is 6.00. The van der Waals surface area contributed by atoms with Crippen LogP contribution in [-0.4, -0.2) is 16.8 Å². The largest absolute Gasteiger partial charge is 0.361 e. The quantitative estimate of drug-likeness (QED) is 0.577. The van der Waals surface area contributed by atoms with Crippen LogP contribution in [0.1, 0.15) is 41.0 Å². The summed E-state index contributed by atoms with van der Waals surface area (Å²) in [5, 5.41) is 0. The van der Waals surface area contributed by atoms with Crippen molar-refractivity contribution in [3.05, 3.63) is 0 Å². The molecule has 0 aromatic carbocycles. The lowest BCUT2D eigenvalue weighted by Crippen LogP contribution is -2.44. The Morgan fingerprint density at radius 3 is 2.33 bits per heavy atom. The van der Waals surface area contributed by atoms with Crippen molar-refractivity contribution in [2.75, 3.05) is 5.75 Å². The summed E-state index contributed by atoms with van der Waals surface area (Å²) >= 11 is 1.95. The Hall–Kier alpha value is 0.310. The Morgan fingerprint density at radius 2 is 2.00 bits per heavy atom. The minimum atomic E-state index is 0.00463. The van der Waals surface area contributed by atoms with E-state index < -0.39 is 0 Å². The minimum Gasteiger partial charge on any atom is -0.361 e. The first-order valence-corrected chi connectivity index (χ1v) is 5.65. The Morgan fingerprint density at radius 1 is 1.42 bits per heavy atom. The molecule has 0 spiro atoms. The van der Waals surface area contributed by atoms with E-state index in [0.717, 1.165) is 0 Å². The van der Waals surface area contributed by atoms with Gasteiger partial charge in [-0.2, -0.15) is 0 Å². The summed E-state index contributed by atoms with van der Waals surface area (Å²) in [6, 6.07) is 0. The zero-order valence-corrected chi connectivity index (χ0v) is 9.62. The topological polar surface area (TPSA) is 9.23 Å². The lowest BCUT2D eigenvalue weighted by molar-refractivity contribution is -0.0804. The van der Waals surface area contributed by atoms with Gasteiger partial charge in [0.25, 0.3) is 0 Å². The fourth-order valence-corrected chi connectivity index (χ4v) is 2.79. The van der Waals surface area contributed by atoms with Crippen molar-refractivity contribution in [2.45, 2.75) is 52.1 Å². The Kier molecular flexibility index (Phi) is 2.79. The number of ether oxygens (including phenoxy) is 1. The maximum Gasteiger partial charge on any atom is 0.116 e. The van der Waals surface area contributed by atoms with E-state index in [4.69, 9.17) is 4.74 Å². The van der Waals surface area contributed by atoms with E-state index in [0.29, 0.717) is 6.10 Å². The van der Waals surface area contributed by atoms with E-state index in [9.17, 15) is 0 Å². The fraction of sp³-hybridized carbons (Fsp3) is 1.00. The van der Waals surface area contributed by atoms with Gasteiger partial charge < -0.3 is 4.74 Å². The van der Waals surface area contributed by atoms with Crippen LogP contribution in [0, 0.1) is 5.41 Å². The Bertz CT molecular complexity index is 162. The third kappa shape index (κ3) is 1.97. The molecule has 2 heteroatoms. The standard InChI is InChI=1S/C10H20OS/c1-8-6-7-12-10(5,11-8)9(2,3)4/h8H,6-7H2,1-5H3. The van der Waals surface area contributed by atoms with Gasteiger partial charge in [0, 0.05) is 5.41 Å². The lowest BCUT2D eigenvalue weighted by Gasteiger charge is -2.45. The third-order valence-electron chi connectivity index (χ3n) is 2.69. The molecule has 1 rings (SSSR count). The molecule has 1 aliphatic heterocycles. The highest BCUT2D eigenvalue weighted by Gasteiger charge is 2.42. The average Bonchev–Trinajstić information content (AvgIpc) is 1.83. The maximum atomic E-state index is 6.00. The van der Waals surface area contributed by atoms with E-state index in [-0.39, 0.29) is 10.3 Å². The van der Waals surface area contributed by atoms with Crippen LogP contribution in [-0.2, 0) is 4.74 Å². The van der Waals surface area contributed by atoms with Gasteiger partial charge in [0.05, 0.1) is 6.10 Å². The second-order valence-corrected chi connectivity index (χ2v) is 6.24. The molecule has 0 radical (unpaired) electrons. The molecule has 0 aromatic rings. The normalized spacial score (nSPS) is 38.2. The molecule has 1 heterocycles. The van der Waals surface area contributed by atoms with Crippen molar-refractivity contribution >= 4 is 11.8 Å². The van der Waals surface area contributed by atoms with Gasteiger partial charge >= 0.3 is 0 Å². The summed E-state index contributed by atoms with van der Waals surface area (Å²) in [4.78, 5) is 0.00463. The molecule has 2 unspecified atom stereocenters. The van der Waals surface area contributed by atoms with Crippen molar-refractivity contribution in [1.29, 1.82) is 0 Å². The maximum absolute atomic E-state index is 6.00. The first-order valence-electron chi connectivity index (χ1n) is 4.67. The van der Waals surface area contributed by atoms with Gasteiger partial charge in [0.1, 0.15) is 4.93 Å². The minimum absolute atomic E-state index is 0.00463. The molecule has 0 amide bonds. The third-order valence-corrected chi connectivity index (χ3v) is 4.39. The van der Waals surface area contributed by atoms with Crippen molar-refractivity contribution in [3.63, 3.8) is 0 Å². The van der Waals surface area contributed by atoms with E-state index in [1.807, 2.05) is 11.8 Å². The molecule has 1 fully saturated rings. The van der Waals surface area contributed by atoms with Crippen LogP contribution in [0.5, 0.6) is 0 Å². The molecule has 0 aromatic heterocycles. The molecule has 1 nitrogen and oxygen atoms in total. The Labute approximate surface area is 80.3 Å². The van der Waals surface area contributed by atoms with Gasteiger partial charge in [-0.25, -0.2) is 0 Å². The molecule has 0 bridgehead atoms. The van der Waals surface area contributed by atoms with Crippen LogP contribution in [0.25, 0.3) is 0 Å². The zero-order chi connectivity index (χ0) is 9.41. The number of thioether (sulfide) groups is 1. The highest BCUT2D eigenvalue weighted by molar-refractivity contribution is 8.00. The second-order valence-electron chi connectivity index (χ2n) is 4.76. The van der Waals surface area contributed by atoms with Crippen molar-refractivity contribution in [1.82, 2.24) is 0 Å². The second kappa shape index (κ2) is 3.22. The predicted molar refractivity (Wildman–Crippen MR) is 55.5 cm³/mol. The lowest BCUT2D eigenvalue weighted by atomic mass is 9.89. The summed E-state index contributed by atoms with van der Waals surface area (Å²) in [6.45, 7) is 11.1. The van der Waals surface area contributed by atoms with Crippen LogP contribution >= 0.6 is 11.8 Å². The van der Waals surface area contributed by atoms with Crippen LogP contribution < -0.4 is 0 Å². The molecule has 1 saturated heterocycles. The Balaban J connectivity index is 2.70. The molecule has 1 aliphatic rings. The van der Waals surface area contributed by atoms with Gasteiger partial charge in [-0.05, 0) is 26.0 Å². The van der Waals surface area contributed by atoms with Gasteiger partial charge in [0.15, 0.2) is 0 Å². The molecule has 0 saturated carbocycles. The first-order chi connectivity index (χ1) is 5.35. The zero-order valence-electron chi connectivity index (χ0n) is 8.81. The molecule has 2 atom stereocenters. The molecule has 12 heavy (non-hydrogen) atoms. The van der Waals surface area contributed by atoms with E-state index >= 15 is 0 Å². The monoisotopic (exact) mass is 188 g/mol. The summed E-state index contributed by atoms with van der Waals surface area (Å²) in [5.41, 5.74) is 0.229. The smallest absolute Gasteiger partial charge is 0.116 e. The van der Waals surface area contributed by atoms with E-state index in [1.54, 1.807) is 0 Å². The van der Waals surface area contributed by atoms with Crippen molar-refractivity contribution in [2.24, 2.45) is 5.41 Å². The van der Waals surface area contributed by atoms with Gasteiger partial charge in [-0.1, -0.05) is 20.8 Å². The SMILES string of the molecule is CC1CCSC(C)(C(C)(C)C)O1. The first kappa shape index (κ1) is 10.4. The van der Waals surface area contributed by atoms with Gasteiger partial charge in [-0.3, -0.25) is 0 Å². The van der Waals surface area contributed by atoms with E-state index in [1.165, 1.54) is 12.2 Å². The van der Waals surface area contributed by atoms with Crippen molar-refractivity contribution < 1.29 is 4.74 Å². The molecular formula is C10H20OS. The van der Waals surface area contributed by atoms with Crippen molar-refractivity contribution in [3.8, 4) is 0 Å². The van der Waals surface area contributed by atoms with Crippen LogP contribution in [0.4, 0.5) is 0 Å². The van der Waals surface area contributed by atoms with Gasteiger partial charge in [0.2, 0.25) is 0 Å². The van der Waals surface area contributed by atoms with Crippen LogP contribution in [0.3, 0.4) is 0 Å².